The first-order valence-electron chi connectivity index (χ1n) is 5.62. The van der Waals surface area contributed by atoms with Crippen molar-refractivity contribution in [1.29, 1.82) is 0 Å². The molecule has 0 saturated carbocycles. The molecule has 0 aromatic carbocycles. The van der Waals surface area contributed by atoms with Crippen LogP contribution >= 0.6 is 0 Å². The summed E-state index contributed by atoms with van der Waals surface area (Å²) in [4.78, 5) is 1.40. The first kappa shape index (κ1) is 13.7. The standard InChI is InChI=1S/C10H19F3N2O/c1-2-15(8-10(11,12)13)5-3-9-7-14-4-6-16-9/h9,14H,2-8H2,1H3. The molecule has 0 amide bonds. The highest BCUT2D eigenvalue weighted by Crippen LogP contribution is 2.16. The van der Waals surface area contributed by atoms with Crippen molar-refractivity contribution in [2.24, 2.45) is 0 Å². The van der Waals surface area contributed by atoms with Crippen molar-refractivity contribution in [2.75, 3.05) is 39.3 Å². The Balaban J connectivity index is 2.22. The molecular weight excluding hydrogens is 221 g/mol. The SMILES string of the molecule is CCN(CCC1CNCCO1)CC(F)(F)F. The van der Waals surface area contributed by atoms with E-state index in [1.165, 1.54) is 4.90 Å². The zero-order valence-electron chi connectivity index (χ0n) is 9.52. The molecule has 1 unspecified atom stereocenters. The zero-order valence-corrected chi connectivity index (χ0v) is 9.52. The fraction of sp³-hybridized carbons (Fsp3) is 1.00. The second kappa shape index (κ2) is 6.42. The second-order valence-corrected chi connectivity index (χ2v) is 3.97. The number of halogens is 3. The molecule has 1 heterocycles. The van der Waals surface area contributed by atoms with E-state index >= 15 is 0 Å². The fourth-order valence-electron chi connectivity index (χ4n) is 1.73. The molecule has 1 atom stereocenters. The summed E-state index contributed by atoms with van der Waals surface area (Å²) in [7, 11) is 0. The van der Waals surface area contributed by atoms with Gasteiger partial charge in [-0.15, -0.1) is 0 Å². The minimum atomic E-state index is -4.11. The lowest BCUT2D eigenvalue weighted by molar-refractivity contribution is -0.146. The molecule has 0 aromatic rings. The predicted octanol–water partition coefficient (Wildman–Crippen LogP) is 1.25. The van der Waals surface area contributed by atoms with Crippen molar-refractivity contribution in [3.05, 3.63) is 0 Å². The molecule has 6 heteroatoms. The van der Waals surface area contributed by atoms with Crippen LogP contribution < -0.4 is 5.32 Å². The van der Waals surface area contributed by atoms with Crippen molar-refractivity contribution in [2.45, 2.75) is 25.6 Å². The van der Waals surface area contributed by atoms with Gasteiger partial charge in [0.2, 0.25) is 0 Å². The second-order valence-electron chi connectivity index (χ2n) is 3.97. The summed E-state index contributed by atoms with van der Waals surface area (Å²) >= 11 is 0. The molecule has 0 aliphatic carbocycles. The Hall–Kier alpha value is -0.330. The summed E-state index contributed by atoms with van der Waals surface area (Å²) in [6.45, 7) is 3.98. The van der Waals surface area contributed by atoms with E-state index in [0.29, 0.717) is 26.1 Å². The molecule has 1 N–H and O–H groups in total. The third kappa shape index (κ3) is 5.67. The Morgan fingerprint density at radius 2 is 2.19 bits per heavy atom. The topological polar surface area (TPSA) is 24.5 Å². The van der Waals surface area contributed by atoms with Gasteiger partial charge in [0.05, 0.1) is 19.3 Å². The van der Waals surface area contributed by atoms with Crippen LogP contribution in [0.4, 0.5) is 13.2 Å². The first-order chi connectivity index (χ1) is 7.51. The van der Waals surface area contributed by atoms with Crippen LogP contribution in [0.15, 0.2) is 0 Å². The molecule has 1 aliphatic rings. The quantitative estimate of drug-likeness (QED) is 0.782. The molecule has 96 valence electrons. The number of alkyl halides is 3. The van der Waals surface area contributed by atoms with Crippen LogP contribution in [-0.2, 0) is 4.74 Å². The maximum absolute atomic E-state index is 12.2. The van der Waals surface area contributed by atoms with E-state index in [1.54, 1.807) is 6.92 Å². The average molecular weight is 240 g/mol. The van der Waals surface area contributed by atoms with E-state index in [-0.39, 0.29) is 6.10 Å². The number of morpholine rings is 1. The summed E-state index contributed by atoms with van der Waals surface area (Å²) in [5.41, 5.74) is 0. The van der Waals surface area contributed by atoms with E-state index in [9.17, 15) is 13.2 Å². The van der Waals surface area contributed by atoms with Gasteiger partial charge in [-0.25, -0.2) is 0 Å². The molecule has 0 spiro atoms. The van der Waals surface area contributed by atoms with Crippen molar-refractivity contribution in [3.8, 4) is 0 Å². The van der Waals surface area contributed by atoms with Crippen molar-refractivity contribution < 1.29 is 17.9 Å². The monoisotopic (exact) mass is 240 g/mol. The minimum Gasteiger partial charge on any atom is -0.376 e. The molecule has 1 saturated heterocycles. The lowest BCUT2D eigenvalue weighted by Crippen LogP contribution is -2.42. The van der Waals surface area contributed by atoms with Gasteiger partial charge in [-0.05, 0) is 13.0 Å². The molecule has 0 bridgehead atoms. The number of ether oxygens (including phenoxy) is 1. The zero-order chi connectivity index (χ0) is 12.0. The lowest BCUT2D eigenvalue weighted by atomic mass is 10.2. The fourth-order valence-corrected chi connectivity index (χ4v) is 1.73. The van der Waals surface area contributed by atoms with Gasteiger partial charge in [-0.3, -0.25) is 4.90 Å². The number of hydrogen-bond donors (Lipinski definition) is 1. The maximum atomic E-state index is 12.2. The first-order valence-corrected chi connectivity index (χ1v) is 5.62. The van der Waals surface area contributed by atoms with Crippen LogP contribution in [-0.4, -0.2) is 56.5 Å². The Labute approximate surface area is 93.9 Å². The molecule has 0 aromatic heterocycles. The van der Waals surface area contributed by atoms with Crippen LogP contribution in [0.5, 0.6) is 0 Å². The smallest absolute Gasteiger partial charge is 0.376 e. The van der Waals surface area contributed by atoms with Gasteiger partial charge in [0, 0.05) is 19.6 Å². The highest BCUT2D eigenvalue weighted by Gasteiger charge is 2.30. The average Bonchev–Trinajstić information content (AvgIpc) is 2.24. The molecule has 1 rings (SSSR count). The van der Waals surface area contributed by atoms with Gasteiger partial charge in [0.25, 0.3) is 0 Å². The van der Waals surface area contributed by atoms with Crippen molar-refractivity contribution in [1.82, 2.24) is 10.2 Å². The third-order valence-electron chi connectivity index (χ3n) is 2.62. The van der Waals surface area contributed by atoms with E-state index < -0.39 is 12.7 Å². The van der Waals surface area contributed by atoms with E-state index in [0.717, 1.165) is 13.1 Å². The Kier molecular flexibility index (Phi) is 5.51. The van der Waals surface area contributed by atoms with Gasteiger partial charge < -0.3 is 10.1 Å². The van der Waals surface area contributed by atoms with E-state index in [2.05, 4.69) is 5.32 Å². The summed E-state index contributed by atoms with van der Waals surface area (Å²) in [6, 6.07) is 0. The van der Waals surface area contributed by atoms with Crippen LogP contribution in [0.25, 0.3) is 0 Å². The highest BCUT2D eigenvalue weighted by atomic mass is 19.4. The molecule has 16 heavy (non-hydrogen) atoms. The van der Waals surface area contributed by atoms with Gasteiger partial charge in [-0.1, -0.05) is 6.92 Å². The van der Waals surface area contributed by atoms with Gasteiger partial charge >= 0.3 is 6.18 Å². The van der Waals surface area contributed by atoms with Gasteiger partial charge in [0.15, 0.2) is 0 Å². The Bertz CT molecular complexity index is 193. The molecule has 1 fully saturated rings. The molecule has 1 aliphatic heterocycles. The number of nitrogens with zero attached hydrogens (tertiary/aromatic N) is 1. The van der Waals surface area contributed by atoms with Crippen LogP contribution in [0.1, 0.15) is 13.3 Å². The Morgan fingerprint density at radius 1 is 1.44 bits per heavy atom. The van der Waals surface area contributed by atoms with E-state index in [1.807, 2.05) is 0 Å². The molecular formula is C10H19F3N2O. The minimum absolute atomic E-state index is 0.0519. The summed E-state index contributed by atoms with van der Waals surface area (Å²) < 4.78 is 42.0. The number of nitrogens with one attached hydrogen (secondary N) is 1. The largest absolute Gasteiger partial charge is 0.401 e. The summed E-state index contributed by atoms with van der Waals surface area (Å²) in [6.07, 6.45) is -3.41. The van der Waals surface area contributed by atoms with Crippen molar-refractivity contribution in [3.63, 3.8) is 0 Å². The highest BCUT2D eigenvalue weighted by molar-refractivity contribution is 4.70. The number of hydrogen-bond acceptors (Lipinski definition) is 3. The third-order valence-corrected chi connectivity index (χ3v) is 2.62. The normalized spacial score (nSPS) is 22.7. The van der Waals surface area contributed by atoms with Crippen LogP contribution in [0.2, 0.25) is 0 Å². The van der Waals surface area contributed by atoms with Crippen LogP contribution in [0.3, 0.4) is 0 Å². The predicted molar refractivity (Wildman–Crippen MR) is 55.4 cm³/mol. The van der Waals surface area contributed by atoms with Crippen molar-refractivity contribution >= 4 is 0 Å². The Morgan fingerprint density at radius 3 is 2.69 bits per heavy atom. The number of rotatable bonds is 5. The summed E-state index contributed by atoms with van der Waals surface area (Å²) in [5, 5.41) is 3.16. The molecule has 3 nitrogen and oxygen atoms in total. The van der Waals surface area contributed by atoms with Crippen LogP contribution in [0, 0.1) is 0 Å². The maximum Gasteiger partial charge on any atom is 0.401 e. The van der Waals surface area contributed by atoms with Gasteiger partial charge in [-0.2, -0.15) is 13.2 Å². The van der Waals surface area contributed by atoms with E-state index in [4.69, 9.17) is 4.74 Å². The van der Waals surface area contributed by atoms with Gasteiger partial charge in [0.1, 0.15) is 0 Å². The lowest BCUT2D eigenvalue weighted by Gasteiger charge is -2.27. The summed E-state index contributed by atoms with van der Waals surface area (Å²) in [5.74, 6) is 0. The molecule has 0 radical (unpaired) electrons.